The van der Waals surface area contributed by atoms with Gasteiger partial charge in [0, 0.05) is 90.9 Å². The summed E-state index contributed by atoms with van der Waals surface area (Å²) < 4.78 is 25.0. The summed E-state index contributed by atoms with van der Waals surface area (Å²) in [5, 5.41) is 15.2. The maximum absolute atomic E-state index is 15.4. The number of para-hydroxylation sites is 1. The Hall–Kier alpha value is -5.14. The van der Waals surface area contributed by atoms with E-state index in [1.807, 2.05) is 25.2 Å². The van der Waals surface area contributed by atoms with E-state index in [0.717, 1.165) is 65.9 Å². The van der Waals surface area contributed by atoms with Gasteiger partial charge in [-0.15, -0.1) is 0 Å². The Morgan fingerprint density at radius 2 is 1.78 bits per heavy atom. The van der Waals surface area contributed by atoms with Crippen molar-refractivity contribution < 1.29 is 38.4 Å². The van der Waals surface area contributed by atoms with E-state index in [-0.39, 0.29) is 28.5 Å². The number of H-pyrrole nitrogens is 1. The molecule has 2 bridgehead atoms. The van der Waals surface area contributed by atoms with Crippen LogP contribution in [0.3, 0.4) is 0 Å². The molecule has 10 rings (SSSR count). The topological polar surface area (TPSA) is 134 Å². The van der Waals surface area contributed by atoms with Crippen molar-refractivity contribution in [3.8, 4) is 5.75 Å². The summed E-state index contributed by atoms with van der Waals surface area (Å²) in [4.78, 5) is 53.5. The highest BCUT2D eigenvalue weighted by Crippen LogP contribution is 2.68. The Labute approximate surface area is 385 Å². The van der Waals surface area contributed by atoms with E-state index in [2.05, 4.69) is 70.0 Å². The summed E-state index contributed by atoms with van der Waals surface area (Å²) in [5.74, 6) is -1.10. The number of benzene rings is 3. The number of carbonyl (C=O) groups excluding carboxylic acids is 3. The molecule has 6 heterocycles. The lowest BCUT2D eigenvalue weighted by Gasteiger charge is -2.64. The molecule has 6 aliphatic rings. The molecule has 9 atom stereocenters. The first kappa shape index (κ1) is 43.7. The molecule has 3 aromatic carbocycles. The number of carbonyl (C=O) groups is 3. The molecule has 65 heavy (non-hydrogen) atoms. The second kappa shape index (κ2) is 16.0. The van der Waals surface area contributed by atoms with Crippen molar-refractivity contribution in [2.75, 3.05) is 65.5 Å². The number of likely N-dealkylation sites (N-methyl/N-ethyl adjacent to an activating group) is 1. The standard InChI is InChI=1S/C52H59ClN4O8/c1-7-32-24-33-27-51(48(60)63-6,43-35(18-22-56(28-32)29-33)34-14-10-12-17-40(34)54-43)38-25-37-41(26-42(38)62-5)55(4)46-50(37)20-23-57-21-13-19-49(8-2,45(50)57)47(65-31(3)58)52(46,61)30-64-44(59)36-15-9-11-16-39(36)53/h9-17,19,24-26,33,45-47,54,61H,7-8,18,20-23,27-30H2,1-6H3/t33-,45-,46+,47+,49+,50+,51-,52?/m0/s1. The molecular formula is C52H59ClN4O8. The molecule has 12 nitrogen and oxygen atoms in total. The van der Waals surface area contributed by atoms with Gasteiger partial charge in [-0.3, -0.25) is 19.4 Å². The normalized spacial score (nSPS) is 32.2. The molecular weight excluding hydrogens is 844 g/mol. The number of rotatable bonds is 9. The van der Waals surface area contributed by atoms with E-state index in [1.54, 1.807) is 31.4 Å². The molecule has 5 aliphatic heterocycles. The molecule has 0 amide bonds. The maximum atomic E-state index is 15.4. The molecule has 1 aromatic heterocycles. The number of hydrogen-bond donors (Lipinski definition) is 2. The quantitative estimate of drug-likeness (QED) is 0.101. The van der Waals surface area contributed by atoms with Crippen LogP contribution in [-0.4, -0.2) is 122 Å². The Bertz CT molecular complexity index is 2660. The van der Waals surface area contributed by atoms with Gasteiger partial charge in [-0.05, 0) is 80.0 Å². The van der Waals surface area contributed by atoms with E-state index in [9.17, 15) is 14.7 Å². The number of nitrogens with one attached hydrogen (secondary N) is 1. The van der Waals surface area contributed by atoms with E-state index in [4.69, 9.17) is 30.5 Å². The first-order valence-corrected chi connectivity index (χ1v) is 23.5. The van der Waals surface area contributed by atoms with Crippen LogP contribution in [0.25, 0.3) is 10.9 Å². The monoisotopic (exact) mass is 902 g/mol. The van der Waals surface area contributed by atoms with Crippen molar-refractivity contribution in [1.82, 2.24) is 14.8 Å². The molecule has 2 fully saturated rings. The number of anilines is 1. The molecule has 1 aliphatic carbocycles. The fourth-order valence-electron chi connectivity index (χ4n) is 13.9. The van der Waals surface area contributed by atoms with Gasteiger partial charge in [0.2, 0.25) is 0 Å². The third-order valence-corrected chi connectivity index (χ3v) is 16.5. The minimum absolute atomic E-state index is 0.0111. The highest BCUT2D eigenvalue weighted by atomic mass is 35.5. The highest BCUT2D eigenvalue weighted by Gasteiger charge is 2.78. The van der Waals surface area contributed by atoms with Crippen LogP contribution in [0.4, 0.5) is 5.69 Å². The molecule has 342 valence electrons. The van der Waals surface area contributed by atoms with Crippen molar-refractivity contribution in [3.05, 3.63) is 117 Å². The lowest BCUT2D eigenvalue weighted by Crippen LogP contribution is -2.80. The van der Waals surface area contributed by atoms with Crippen molar-refractivity contribution in [2.45, 2.75) is 87.5 Å². The molecule has 4 aromatic rings. The first-order valence-electron chi connectivity index (χ1n) is 23.1. The number of esters is 3. The lowest BCUT2D eigenvalue weighted by atomic mass is 9.47. The summed E-state index contributed by atoms with van der Waals surface area (Å²) in [5.41, 5.74) is 1.76. The van der Waals surface area contributed by atoms with Crippen LogP contribution in [-0.2, 0) is 41.1 Å². The van der Waals surface area contributed by atoms with Crippen LogP contribution < -0.4 is 9.64 Å². The average Bonchev–Trinajstić information content (AvgIpc) is 3.97. The van der Waals surface area contributed by atoms with Gasteiger partial charge >= 0.3 is 17.9 Å². The fraction of sp³-hybridized carbons (Fsp3) is 0.481. The number of methoxy groups -OCH3 is 2. The largest absolute Gasteiger partial charge is 0.496 e. The third-order valence-electron chi connectivity index (χ3n) is 16.2. The number of aliphatic hydroxyl groups is 1. The zero-order valence-corrected chi connectivity index (χ0v) is 38.9. The van der Waals surface area contributed by atoms with Crippen molar-refractivity contribution >= 4 is 46.1 Å². The van der Waals surface area contributed by atoms with E-state index in [0.29, 0.717) is 43.7 Å². The number of ether oxygens (including phenoxy) is 4. The molecule has 2 unspecified atom stereocenters. The summed E-state index contributed by atoms with van der Waals surface area (Å²) in [6.45, 7) is 9.03. The lowest BCUT2D eigenvalue weighted by molar-refractivity contribution is -0.228. The second-order valence-corrected chi connectivity index (χ2v) is 19.6. The number of halogens is 1. The maximum Gasteiger partial charge on any atom is 0.339 e. The van der Waals surface area contributed by atoms with Crippen molar-refractivity contribution in [2.24, 2.45) is 11.3 Å². The molecule has 13 heteroatoms. The highest BCUT2D eigenvalue weighted by molar-refractivity contribution is 6.33. The van der Waals surface area contributed by atoms with Crippen LogP contribution in [0, 0.1) is 11.3 Å². The van der Waals surface area contributed by atoms with Gasteiger partial charge in [0.05, 0.1) is 30.8 Å². The number of nitrogens with zero attached hydrogens (tertiary/aromatic N) is 3. The van der Waals surface area contributed by atoms with Gasteiger partial charge in [0.25, 0.3) is 0 Å². The molecule has 2 N–H and O–H groups in total. The van der Waals surface area contributed by atoms with Crippen molar-refractivity contribution in [1.29, 1.82) is 0 Å². The van der Waals surface area contributed by atoms with Gasteiger partial charge in [0.1, 0.15) is 23.9 Å². The Kier molecular flexibility index (Phi) is 10.8. The smallest absolute Gasteiger partial charge is 0.339 e. The van der Waals surface area contributed by atoms with Gasteiger partial charge in [-0.2, -0.15) is 0 Å². The van der Waals surface area contributed by atoms with Crippen LogP contribution in [0.15, 0.2) is 84.5 Å². The second-order valence-electron chi connectivity index (χ2n) is 19.2. The van der Waals surface area contributed by atoms with Crippen LogP contribution in [0.1, 0.15) is 79.2 Å². The Morgan fingerprint density at radius 3 is 2.52 bits per heavy atom. The number of hydrogen-bond acceptors (Lipinski definition) is 11. The summed E-state index contributed by atoms with van der Waals surface area (Å²) in [6, 6.07) is 18.1. The predicted octanol–water partition coefficient (Wildman–Crippen LogP) is 7.13. The molecule has 0 radical (unpaired) electrons. The first-order chi connectivity index (χ1) is 31.3. The fourth-order valence-corrected chi connectivity index (χ4v) is 14.1. The van der Waals surface area contributed by atoms with E-state index < -0.39 is 52.5 Å². The van der Waals surface area contributed by atoms with Gasteiger partial charge in [-0.1, -0.05) is 79.6 Å². The van der Waals surface area contributed by atoms with Gasteiger partial charge in [-0.25, -0.2) is 4.79 Å². The minimum Gasteiger partial charge on any atom is -0.496 e. The van der Waals surface area contributed by atoms with Gasteiger partial charge < -0.3 is 33.9 Å². The van der Waals surface area contributed by atoms with Crippen LogP contribution >= 0.6 is 11.6 Å². The zero-order valence-electron chi connectivity index (χ0n) is 38.1. The summed E-state index contributed by atoms with van der Waals surface area (Å²) in [7, 11) is 5.06. The van der Waals surface area contributed by atoms with Crippen LogP contribution in [0.5, 0.6) is 5.75 Å². The summed E-state index contributed by atoms with van der Waals surface area (Å²) in [6.07, 6.45) is 8.71. The Morgan fingerprint density at radius 1 is 1.00 bits per heavy atom. The van der Waals surface area contributed by atoms with E-state index in [1.165, 1.54) is 19.6 Å². The average molecular weight is 904 g/mol. The van der Waals surface area contributed by atoms with E-state index >= 15 is 4.79 Å². The number of fused-ring (bicyclic) bond motifs is 6. The SMILES string of the molecule is CCC1=C[C@@H]2CN(CCc3c([nH]c4ccccc34)[C@@](C(=O)OC)(c3cc4c(cc3OC)N(C)[C@H]3C(O)(COC(=O)c5ccccc5Cl)[C@H](OC(C)=O)[C@]5(CC)C=CCN6CC[C@]43[C@@H]65)C2)C1. The molecule has 1 saturated heterocycles. The number of aromatic nitrogens is 1. The Balaban J connectivity index is 1.24. The summed E-state index contributed by atoms with van der Waals surface area (Å²) >= 11 is 6.50. The molecule has 1 spiro atoms. The minimum atomic E-state index is -1.95. The molecule has 1 saturated carbocycles. The zero-order chi connectivity index (χ0) is 45.6. The van der Waals surface area contributed by atoms with Crippen LogP contribution in [0.2, 0.25) is 5.02 Å². The third kappa shape index (κ3) is 6.22. The predicted molar refractivity (Wildman–Crippen MR) is 249 cm³/mol. The van der Waals surface area contributed by atoms with Gasteiger partial charge in [0.15, 0.2) is 5.60 Å². The van der Waals surface area contributed by atoms with Crippen molar-refractivity contribution in [3.63, 3.8) is 0 Å². The number of aromatic amines is 1.